The lowest BCUT2D eigenvalue weighted by atomic mass is 10.0. The average Bonchev–Trinajstić information content (AvgIpc) is 3.17. The highest BCUT2D eigenvalue weighted by Crippen LogP contribution is 2.38. The fourth-order valence-electron chi connectivity index (χ4n) is 3.61. The Bertz CT molecular complexity index is 1200. The van der Waals surface area contributed by atoms with Crippen LogP contribution in [0.15, 0.2) is 65.7 Å². The molecule has 1 aromatic heterocycles. The smallest absolute Gasteiger partial charge is 0.348 e. The summed E-state index contributed by atoms with van der Waals surface area (Å²) in [5.74, 6) is -2.23. The van der Waals surface area contributed by atoms with E-state index in [0.29, 0.717) is 11.8 Å². The summed E-state index contributed by atoms with van der Waals surface area (Å²) in [7, 11) is -4.38. The second-order valence-electron chi connectivity index (χ2n) is 6.84. The van der Waals surface area contributed by atoms with Crippen molar-refractivity contribution in [2.75, 3.05) is 6.54 Å². The Balaban J connectivity index is 1.85. The summed E-state index contributed by atoms with van der Waals surface area (Å²) in [6, 6.07) is 8.82. The molecule has 0 amide bonds. The summed E-state index contributed by atoms with van der Waals surface area (Å²) < 4.78 is 96.0. The molecule has 30 heavy (non-hydrogen) atoms. The lowest BCUT2D eigenvalue weighted by Gasteiger charge is -2.36. The van der Waals surface area contributed by atoms with Crippen molar-refractivity contribution in [1.82, 2.24) is 8.87 Å². The minimum absolute atomic E-state index is 0.0517. The van der Waals surface area contributed by atoms with Crippen molar-refractivity contribution in [3.8, 4) is 0 Å². The second-order valence-corrected chi connectivity index (χ2v) is 8.73. The molecule has 0 saturated heterocycles. The highest BCUT2D eigenvalue weighted by molar-refractivity contribution is 7.89. The zero-order valence-electron chi connectivity index (χ0n) is 15.3. The van der Waals surface area contributed by atoms with Crippen molar-refractivity contribution in [3.05, 3.63) is 89.2 Å². The minimum Gasteiger partial charge on any atom is -0.348 e. The summed E-state index contributed by atoms with van der Waals surface area (Å²) >= 11 is 0. The molecule has 2 aromatic carbocycles. The summed E-state index contributed by atoms with van der Waals surface area (Å²) in [5.41, 5.74) is -0.416. The first kappa shape index (κ1) is 20.5. The van der Waals surface area contributed by atoms with Gasteiger partial charge in [-0.3, -0.25) is 0 Å². The average molecular weight is 442 g/mol. The number of sulfonamides is 1. The normalized spacial score (nSPS) is 17.7. The zero-order chi connectivity index (χ0) is 21.7. The highest BCUT2D eigenvalue weighted by atomic mass is 32.2. The van der Waals surface area contributed by atoms with Crippen LogP contribution in [0.1, 0.15) is 22.9 Å². The van der Waals surface area contributed by atoms with Gasteiger partial charge in [0.2, 0.25) is 10.0 Å². The standard InChI is InChI=1S/C20H15F5N2O2S/c21-16-7-6-13(11-17(16)22)19-18-5-2-8-26(18)9-10-27(19)30(28,29)15-4-1-3-14(12-15)20(23,24)25/h1-8,11-12,19H,9-10H2. The van der Waals surface area contributed by atoms with Gasteiger partial charge in [0.1, 0.15) is 0 Å². The maximum atomic E-state index is 13.9. The molecule has 0 fully saturated rings. The van der Waals surface area contributed by atoms with E-state index in [0.717, 1.165) is 34.6 Å². The van der Waals surface area contributed by atoms with Crippen molar-refractivity contribution in [1.29, 1.82) is 0 Å². The Morgan fingerprint density at radius 1 is 0.900 bits per heavy atom. The number of hydrogen-bond acceptors (Lipinski definition) is 2. The highest BCUT2D eigenvalue weighted by Gasteiger charge is 2.39. The van der Waals surface area contributed by atoms with Crippen LogP contribution in [0.2, 0.25) is 0 Å². The number of halogens is 5. The predicted molar refractivity (Wildman–Crippen MR) is 98.0 cm³/mol. The van der Waals surface area contributed by atoms with Crippen LogP contribution in [0.5, 0.6) is 0 Å². The predicted octanol–water partition coefficient (Wildman–Crippen LogP) is 4.58. The van der Waals surface area contributed by atoms with Gasteiger partial charge in [-0.1, -0.05) is 12.1 Å². The lowest BCUT2D eigenvalue weighted by molar-refractivity contribution is -0.137. The SMILES string of the molecule is O=S(=O)(c1cccc(C(F)(F)F)c1)N1CCn2cccc2C1c1ccc(F)c(F)c1. The molecule has 0 N–H and O–H groups in total. The molecule has 2 heterocycles. The van der Waals surface area contributed by atoms with Crippen LogP contribution in [-0.2, 0) is 22.7 Å². The van der Waals surface area contributed by atoms with Crippen molar-refractivity contribution in [3.63, 3.8) is 0 Å². The van der Waals surface area contributed by atoms with E-state index < -0.39 is 44.3 Å². The third kappa shape index (κ3) is 3.50. The third-order valence-electron chi connectivity index (χ3n) is 5.02. The van der Waals surface area contributed by atoms with Gasteiger partial charge in [-0.25, -0.2) is 17.2 Å². The number of aromatic nitrogens is 1. The summed E-state index contributed by atoms with van der Waals surface area (Å²) in [6.45, 7) is 0.213. The maximum absolute atomic E-state index is 13.9. The molecule has 4 rings (SSSR count). The molecule has 0 aliphatic carbocycles. The van der Waals surface area contributed by atoms with Crippen molar-refractivity contribution in [2.45, 2.75) is 23.7 Å². The Kier molecular flexibility index (Phi) is 4.94. The molecule has 158 valence electrons. The van der Waals surface area contributed by atoms with Gasteiger partial charge in [-0.2, -0.15) is 17.5 Å². The molecule has 1 unspecified atom stereocenters. The van der Waals surface area contributed by atoms with Crippen LogP contribution >= 0.6 is 0 Å². The summed E-state index contributed by atoms with van der Waals surface area (Å²) in [6.07, 6.45) is -2.99. The van der Waals surface area contributed by atoms with Gasteiger partial charge in [0.15, 0.2) is 11.6 Å². The number of nitrogens with zero attached hydrogens (tertiary/aromatic N) is 2. The van der Waals surface area contributed by atoms with E-state index in [-0.39, 0.29) is 18.7 Å². The van der Waals surface area contributed by atoms with Crippen LogP contribution in [0.25, 0.3) is 0 Å². The van der Waals surface area contributed by atoms with E-state index in [2.05, 4.69) is 0 Å². The first-order valence-electron chi connectivity index (χ1n) is 8.88. The van der Waals surface area contributed by atoms with Gasteiger partial charge >= 0.3 is 6.18 Å². The molecule has 0 bridgehead atoms. The fourth-order valence-corrected chi connectivity index (χ4v) is 5.24. The number of hydrogen-bond donors (Lipinski definition) is 0. The maximum Gasteiger partial charge on any atom is 0.416 e. The summed E-state index contributed by atoms with van der Waals surface area (Å²) in [4.78, 5) is -0.523. The van der Waals surface area contributed by atoms with E-state index in [1.54, 1.807) is 22.9 Å². The zero-order valence-corrected chi connectivity index (χ0v) is 16.1. The van der Waals surface area contributed by atoms with E-state index in [1.807, 2.05) is 0 Å². The van der Waals surface area contributed by atoms with Gasteiger partial charge < -0.3 is 4.57 Å². The van der Waals surface area contributed by atoms with E-state index >= 15 is 0 Å². The first-order valence-corrected chi connectivity index (χ1v) is 10.3. The van der Waals surface area contributed by atoms with Gasteiger partial charge in [-0.15, -0.1) is 0 Å². The molecular formula is C20H15F5N2O2S. The third-order valence-corrected chi connectivity index (χ3v) is 6.88. The Labute approximate surface area is 169 Å². The number of alkyl halides is 3. The quantitative estimate of drug-likeness (QED) is 0.558. The fraction of sp³-hybridized carbons (Fsp3) is 0.200. The van der Waals surface area contributed by atoms with Crippen LogP contribution < -0.4 is 0 Å². The Hall–Kier alpha value is -2.72. The van der Waals surface area contributed by atoms with Gasteiger partial charge in [0, 0.05) is 25.0 Å². The molecule has 1 atom stereocenters. The Morgan fingerprint density at radius 2 is 1.67 bits per heavy atom. The largest absolute Gasteiger partial charge is 0.416 e. The topological polar surface area (TPSA) is 42.3 Å². The molecular weight excluding hydrogens is 427 g/mol. The van der Waals surface area contributed by atoms with Gasteiger partial charge in [0.05, 0.1) is 16.5 Å². The number of fused-ring (bicyclic) bond motifs is 1. The van der Waals surface area contributed by atoms with E-state index in [9.17, 15) is 30.4 Å². The van der Waals surface area contributed by atoms with Gasteiger partial charge in [0.25, 0.3) is 0 Å². The van der Waals surface area contributed by atoms with Gasteiger partial charge in [-0.05, 0) is 48.0 Å². The van der Waals surface area contributed by atoms with Crippen LogP contribution in [0, 0.1) is 11.6 Å². The molecule has 1 aliphatic heterocycles. The molecule has 0 radical (unpaired) electrons. The van der Waals surface area contributed by atoms with Crippen LogP contribution in [0.3, 0.4) is 0 Å². The van der Waals surface area contributed by atoms with Crippen LogP contribution in [-0.4, -0.2) is 23.8 Å². The molecule has 10 heteroatoms. The van der Waals surface area contributed by atoms with Crippen LogP contribution in [0.4, 0.5) is 22.0 Å². The molecule has 0 spiro atoms. The molecule has 0 saturated carbocycles. The van der Waals surface area contributed by atoms with E-state index in [1.165, 1.54) is 6.07 Å². The minimum atomic E-state index is -4.71. The lowest BCUT2D eigenvalue weighted by Crippen LogP contribution is -2.42. The van der Waals surface area contributed by atoms with Crippen molar-refractivity contribution in [2.24, 2.45) is 0 Å². The molecule has 1 aliphatic rings. The monoisotopic (exact) mass is 442 g/mol. The van der Waals surface area contributed by atoms with Crippen molar-refractivity contribution < 1.29 is 30.4 Å². The van der Waals surface area contributed by atoms with E-state index in [4.69, 9.17) is 0 Å². The molecule has 4 nitrogen and oxygen atoms in total. The molecule has 3 aromatic rings. The first-order chi connectivity index (χ1) is 14.1. The second kappa shape index (κ2) is 7.21. The summed E-state index contributed by atoms with van der Waals surface area (Å²) in [5, 5.41) is 0. The van der Waals surface area contributed by atoms with Crippen molar-refractivity contribution >= 4 is 10.0 Å². The number of benzene rings is 2. The Morgan fingerprint density at radius 3 is 2.37 bits per heavy atom. The number of rotatable bonds is 3.